The molecule has 3 heteroatoms. The monoisotopic (exact) mass is 530 g/mol. The van der Waals surface area contributed by atoms with Gasteiger partial charge in [0.05, 0.1) is 6.61 Å². The molecular formula is C36H44F2O. The smallest absolute Gasteiger partial charge is 0.201 e. The number of aryl methyl sites for hydroxylation is 2. The number of hydrogen-bond donors (Lipinski definition) is 0. The minimum atomic E-state index is -0.920. The fraction of sp³-hybridized carbons (Fsp3) is 0.444. The predicted octanol–water partition coefficient (Wildman–Crippen LogP) is 10.6. The van der Waals surface area contributed by atoms with E-state index < -0.39 is 11.6 Å². The Hall–Kier alpha value is -2.94. The third kappa shape index (κ3) is 8.27. The average Bonchev–Trinajstić information content (AvgIpc) is 2.97. The van der Waals surface area contributed by atoms with Crippen LogP contribution in [0.25, 0.3) is 11.1 Å². The summed E-state index contributed by atoms with van der Waals surface area (Å²) in [5.41, 5.74) is 5.15. The van der Waals surface area contributed by atoms with Gasteiger partial charge in [-0.3, -0.25) is 0 Å². The molecule has 0 N–H and O–H groups in total. The molecule has 1 saturated carbocycles. The zero-order valence-electron chi connectivity index (χ0n) is 23.7. The highest BCUT2D eigenvalue weighted by Crippen LogP contribution is 2.37. The highest BCUT2D eigenvalue weighted by Gasteiger charge is 2.21. The zero-order valence-corrected chi connectivity index (χ0v) is 23.7. The standard InChI is InChI=1S/C36H44F2O/c1-3-5-6-7-10-27-13-15-28(16-14-27)11-8-9-12-29-17-19-30(20-18-29)31-21-23-32(24-22-31)33-25-26-34(39-4-2)36(38)35(33)37/h9,12-16,21-26,29-30H,3-8,10-11,17-20H2,1-2H3. The molecule has 3 aromatic carbocycles. The first-order valence-electron chi connectivity index (χ1n) is 15.0. The van der Waals surface area contributed by atoms with Crippen molar-refractivity contribution in [1.82, 2.24) is 0 Å². The van der Waals surface area contributed by atoms with Crippen LogP contribution in [0.1, 0.15) is 94.2 Å². The summed E-state index contributed by atoms with van der Waals surface area (Å²) < 4.78 is 34.1. The van der Waals surface area contributed by atoms with Crippen molar-refractivity contribution in [2.24, 2.45) is 5.92 Å². The maximum absolute atomic E-state index is 14.6. The lowest BCUT2D eigenvalue weighted by atomic mass is 9.78. The van der Waals surface area contributed by atoms with E-state index >= 15 is 0 Å². The summed E-state index contributed by atoms with van der Waals surface area (Å²) in [4.78, 5) is 0. The van der Waals surface area contributed by atoms with Gasteiger partial charge >= 0.3 is 0 Å². The Morgan fingerprint density at radius 1 is 0.744 bits per heavy atom. The number of allylic oxidation sites excluding steroid dienone is 2. The number of ether oxygens (including phenoxy) is 1. The van der Waals surface area contributed by atoms with E-state index in [9.17, 15) is 8.78 Å². The van der Waals surface area contributed by atoms with Crippen LogP contribution in [0.2, 0.25) is 0 Å². The maximum Gasteiger partial charge on any atom is 0.201 e. The van der Waals surface area contributed by atoms with Crippen LogP contribution < -0.4 is 4.74 Å². The van der Waals surface area contributed by atoms with E-state index in [1.807, 2.05) is 12.1 Å². The van der Waals surface area contributed by atoms with Gasteiger partial charge < -0.3 is 4.74 Å². The van der Waals surface area contributed by atoms with Gasteiger partial charge in [0.25, 0.3) is 0 Å². The van der Waals surface area contributed by atoms with Crippen molar-refractivity contribution >= 4 is 0 Å². The lowest BCUT2D eigenvalue weighted by molar-refractivity contribution is 0.314. The minimum Gasteiger partial charge on any atom is -0.491 e. The van der Waals surface area contributed by atoms with Crippen molar-refractivity contribution in [2.45, 2.75) is 90.4 Å². The second-order valence-electron chi connectivity index (χ2n) is 11.0. The fourth-order valence-electron chi connectivity index (χ4n) is 5.77. The lowest BCUT2D eigenvalue weighted by Crippen LogP contribution is -2.11. The molecule has 0 aromatic heterocycles. The predicted molar refractivity (Wildman–Crippen MR) is 159 cm³/mol. The third-order valence-electron chi connectivity index (χ3n) is 8.16. The van der Waals surface area contributed by atoms with E-state index in [0.717, 1.165) is 12.8 Å². The van der Waals surface area contributed by atoms with Gasteiger partial charge in [-0.2, -0.15) is 4.39 Å². The molecule has 0 spiro atoms. The zero-order chi connectivity index (χ0) is 27.5. The summed E-state index contributed by atoms with van der Waals surface area (Å²) in [6.07, 6.45) is 18.2. The second-order valence-corrected chi connectivity index (χ2v) is 11.0. The highest BCUT2D eigenvalue weighted by molar-refractivity contribution is 5.65. The summed E-state index contributed by atoms with van der Waals surface area (Å²) in [5.74, 6) is -0.618. The van der Waals surface area contributed by atoms with Gasteiger partial charge in [-0.25, -0.2) is 4.39 Å². The highest BCUT2D eigenvalue weighted by atomic mass is 19.2. The van der Waals surface area contributed by atoms with Gasteiger partial charge in [0.2, 0.25) is 5.82 Å². The van der Waals surface area contributed by atoms with Crippen molar-refractivity contribution in [3.05, 3.63) is 101 Å². The number of rotatable bonds is 13. The average molecular weight is 531 g/mol. The first-order chi connectivity index (χ1) is 19.1. The fourth-order valence-corrected chi connectivity index (χ4v) is 5.77. The SMILES string of the molecule is CCCCCCc1ccc(CCC=CC2CCC(c3ccc(-c4ccc(OCC)c(F)c4F)cc3)CC2)cc1. The Bertz CT molecular complexity index is 1170. The molecule has 1 fully saturated rings. The van der Waals surface area contributed by atoms with Crippen molar-refractivity contribution in [2.75, 3.05) is 6.61 Å². The molecule has 39 heavy (non-hydrogen) atoms. The van der Waals surface area contributed by atoms with E-state index in [4.69, 9.17) is 4.74 Å². The van der Waals surface area contributed by atoms with Crippen molar-refractivity contribution < 1.29 is 13.5 Å². The molecule has 0 atom stereocenters. The maximum atomic E-state index is 14.6. The molecule has 1 aliphatic rings. The lowest BCUT2D eigenvalue weighted by Gasteiger charge is -2.27. The summed E-state index contributed by atoms with van der Waals surface area (Å²) in [5, 5.41) is 0. The molecule has 1 nitrogen and oxygen atoms in total. The Morgan fingerprint density at radius 3 is 2.10 bits per heavy atom. The van der Waals surface area contributed by atoms with Gasteiger partial charge in [-0.1, -0.05) is 86.9 Å². The largest absolute Gasteiger partial charge is 0.491 e. The number of benzene rings is 3. The summed E-state index contributed by atoms with van der Waals surface area (Å²) >= 11 is 0. The normalized spacial score (nSPS) is 17.5. The summed E-state index contributed by atoms with van der Waals surface area (Å²) in [7, 11) is 0. The first kappa shape index (κ1) is 29.1. The van der Waals surface area contributed by atoms with Gasteiger partial charge in [0.1, 0.15) is 0 Å². The molecule has 0 saturated heterocycles. The van der Waals surface area contributed by atoms with Crippen LogP contribution in [0, 0.1) is 17.6 Å². The molecule has 1 aliphatic carbocycles. The van der Waals surface area contributed by atoms with Crippen molar-refractivity contribution in [3.63, 3.8) is 0 Å². The first-order valence-corrected chi connectivity index (χ1v) is 15.0. The molecule has 0 unspecified atom stereocenters. The van der Waals surface area contributed by atoms with Gasteiger partial charge in [-0.15, -0.1) is 0 Å². The van der Waals surface area contributed by atoms with E-state index in [-0.39, 0.29) is 11.3 Å². The molecule has 0 bridgehead atoms. The molecule has 3 aromatic rings. The topological polar surface area (TPSA) is 9.23 Å². The molecule has 0 heterocycles. The van der Waals surface area contributed by atoms with Crippen LogP contribution in [0.4, 0.5) is 8.78 Å². The van der Waals surface area contributed by atoms with Crippen LogP contribution in [-0.4, -0.2) is 6.61 Å². The molecular weight excluding hydrogens is 486 g/mol. The minimum absolute atomic E-state index is 0.0386. The summed E-state index contributed by atoms with van der Waals surface area (Å²) in [6, 6.07) is 20.3. The molecule has 0 amide bonds. The number of hydrogen-bond acceptors (Lipinski definition) is 1. The quantitative estimate of drug-likeness (QED) is 0.158. The van der Waals surface area contributed by atoms with Gasteiger partial charge in [0, 0.05) is 5.56 Å². The Kier molecular flexibility index (Phi) is 11.2. The molecule has 4 rings (SSSR count). The van der Waals surface area contributed by atoms with E-state index in [1.54, 1.807) is 13.0 Å². The van der Waals surface area contributed by atoms with Crippen molar-refractivity contribution in [3.8, 4) is 16.9 Å². The Labute approximate surface area is 234 Å². The second kappa shape index (κ2) is 15.0. The van der Waals surface area contributed by atoms with Crippen LogP contribution >= 0.6 is 0 Å². The van der Waals surface area contributed by atoms with Crippen LogP contribution in [0.15, 0.2) is 72.8 Å². The molecule has 208 valence electrons. The third-order valence-corrected chi connectivity index (χ3v) is 8.16. The van der Waals surface area contributed by atoms with Gasteiger partial charge in [-0.05, 0) is 105 Å². The summed E-state index contributed by atoms with van der Waals surface area (Å²) in [6.45, 7) is 4.32. The Morgan fingerprint density at radius 2 is 1.44 bits per heavy atom. The molecule has 0 aliphatic heterocycles. The number of unbranched alkanes of at least 4 members (excludes halogenated alkanes) is 3. The van der Waals surface area contributed by atoms with Crippen LogP contribution in [0.3, 0.4) is 0 Å². The van der Waals surface area contributed by atoms with Crippen molar-refractivity contribution in [1.29, 1.82) is 0 Å². The van der Waals surface area contributed by atoms with Crippen LogP contribution in [0.5, 0.6) is 5.75 Å². The van der Waals surface area contributed by atoms with Crippen LogP contribution in [-0.2, 0) is 12.8 Å². The van der Waals surface area contributed by atoms with E-state index in [0.29, 0.717) is 24.0 Å². The Balaban J connectivity index is 1.21. The number of halogens is 2. The van der Waals surface area contributed by atoms with Gasteiger partial charge in [0.15, 0.2) is 11.6 Å². The van der Waals surface area contributed by atoms with E-state index in [1.165, 1.54) is 80.5 Å². The van der Waals surface area contributed by atoms with E-state index in [2.05, 4.69) is 55.5 Å². The molecule has 0 radical (unpaired) electrons.